The normalized spacial score (nSPS) is 13.5. The minimum absolute atomic E-state index is 0.0395. The van der Waals surface area contributed by atoms with Gasteiger partial charge in [0.05, 0.1) is 5.25 Å². The molecule has 1 aromatic heterocycles. The fourth-order valence-electron chi connectivity index (χ4n) is 3.19. The molecule has 2 heterocycles. The summed E-state index contributed by atoms with van der Waals surface area (Å²) in [5.41, 5.74) is 3.30. The summed E-state index contributed by atoms with van der Waals surface area (Å²) in [5.74, 6) is 1.91. The van der Waals surface area contributed by atoms with Crippen LogP contribution in [0.5, 0.6) is 11.5 Å². The van der Waals surface area contributed by atoms with E-state index in [9.17, 15) is 4.79 Å². The average Bonchev–Trinajstić information content (AvgIpc) is 3.40. The Balaban J connectivity index is 1.37. The van der Waals surface area contributed by atoms with Gasteiger partial charge in [0.2, 0.25) is 12.7 Å². The first-order chi connectivity index (χ1) is 14.5. The van der Waals surface area contributed by atoms with Crippen LogP contribution in [0.1, 0.15) is 37.8 Å². The summed E-state index contributed by atoms with van der Waals surface area (Å²) in [6.07, 6.45) is 3.68. The number of nitrogens with one attached hydrogen (secondary N) is 1. The van der Waals surface area contributed by atoms with E-state index < -0.39 is 0 Å². The lowest BCUT2D eigenvalue weighted by molar-refractivity contribution is -0.120. The molecule has 1 N–H and O–H groups in total. The first-order valence-electron chi connectivity index (χ1n) is 9.98. The molecule has 7 heteroatoms. The van der Waals surface area contributed by atoms with Crippen molar-refractivity contribution >= 4 is 17.7 Å². The number of nitrogens with zero attached hydrogens (tertiary/aromatic N) is 2. The van der Waals surface area contributed by atoms with Gasteiger partial charge in [-0.25, -0.2) is 4.98 Å². The van der Waals surface area contributed by atoms with Gasteiger partial charge >= 0.3 is 0 Å². The van der Waals surface area contributed by atoms with Crippen LogP contribution in [0.2, 0.25) is 0 Å². The van der Waals surface area contributed by atoms with E-state index in [0.717, 1.165) is 27.9 Å². The molecule has 6 nitrogen and oxygen atoms in total. The van der Waals surface area contributed by atoms with Crippen LogP contribution in [0.25, 0.3) is 5.69 Å². The number of amides is 1. The van der Waals surface area contributed by atoms with E-state index in [2.05, 4.69) is 48.4 Å². The number of hydrogen-bond acceptors (Lipinski definition) is 5. The van der Waals surface area contributed by atoms with Crippen LogP contribution in [-0.2, 0) is 11.3 Å². The molecule has 2 aromatic carbocycles. The number of fused-ring (bicyclic) bond motifs is 1. The summed E-state index contributed by atoms with van der Waals surface area (Å²) in [6.45, 7) is 6.92. The van der Waals surface area contributed by atoms with Gasteiger partial charge in [0, 0.05) is 24.6 Å². The average molecular weight is 424 g/mol. The second-order valence-corrected chi connectivity index (χ2v) is 8.80. The summed E-state index contributed by atoms with van der Waals surface area (Å²) in [6, 6.07) is 14.1. The molecule has 1 aliphatic heterocycles. The van der Waals surface area contributed by atoms with Crippen LogP contribution in [0, 0.1) is 0 Å². The Morgan fingerprint density at radius 2 is 1.90 bits per heavy atom. The molecule has 1 aliphatic rings. The van der Waals surface area contributed by atoms with Crippen LogP contribution in [0.4, 0.5) is 0 Å². The van der Waals surface area contributed by atoms with Crippen molar-refractivity contribution in [2.45, 2.75) is 43.6 Å². The maximum absolute atomic E-state index is 12.6. The van der Waals surface area contributed by atoms with E-state index >= 15 is 0 Å². The van der Waals surface area contributed by atoms with E-state index in [1.165, 1.54) is 17.3 Å². The topological polar surface area (TPSA) is 65.4 Å². The number of thioether (sulfide) groups is 1. The highest BCUT2D eigenvalue weighted by Crippen LogP contribution is 2.32. The Kier molecular flexibility index (Phi) is 5.99. The lowest BCUT2D eigenvalue weighted by Crippen LogP contribution is -2.30. The van der Waals surface area contributed by atoms with E-state index in [-0.39, 0.29) is 18.0 Å². The second kappa shape index (κ2) is 8.83. The molecule has 3 aromatic rings. The van der Waals surface area contributed by atoms with Crippen molar-refractivity contribution in [3.63, 3.8) is 0 Å². The molecule has 0 aliphatic carbocycles. The molecular weight excluding hydrogens is 398 g/mol. The Morgan fingerprint density at radius 1 is 1.13 bits per heavy atom. The predicted molar refractivity (Wildman–Crippen MR) is 117 cm³/mol. The summed E-state index contributed by atoms with van der Waals surface area (Å²) in [7, 11) is 0. The first-order valence-corrected chi connectivity index (χ1v) is 10.9. The third kappa shape index (κ3) is 4.46. The van der Waals surface area contributed by atoms with E-state index in [1.54, 1.807) is 6.20 Å². The molecule has 1 atom stereocenters. The van der Waals surface area contributed by atoms with Gasteiger partial charge in [-0.2, -0.15) is 0 Å². The summed E-state index contributed by atoms with van der Waals surface area (Å²) >= 11 is 1.44. The Labute approximate surface area is 180 Å². The number of hydrogen-bond donors (Lipinski definition) is 1. The van der Waals surface area contributed by atoms with Gasteiger partial charge < -0.3 is 14.8 Å². The molecular formula is C23H25N3O3S. The molecule has 0 bridgehead atoms. The van der Waals surface area contributed by atoms with Gasteiger partial charge in [-0.15, -0.1) is 0 Å². The number of imidazole rings is 1. The molecule has 30 heavy (non-hydrogen) atoms. The Bertz CT molecular complexity index is 1030. The zero-order valence-electron chi connectivity index (χ0n) is 17.3. The molecule has 0 saturated carbocycles. The SMILES string of the molecule is CC(C)c1ccc(-n2ccnc2S[C@H](C)C(=O)NCc2ccc3c(c2)OCO3)cc1. The zero-order valence-corrected chi connectivity index (χ0v) is 18.1. The van der Waals surface area contributed by atoms with E-state index in [1.807, 2.05) is 35.9 Å². The number of carbonyl (C=O) groups excluding carboxylic acids is 1. The summed E-state index contributed by atoms with van der Waals surface area (Å²) in [5, 5.41) is 3.50. The molecule has 4 rings (SSSR count). The molecule has 0 radical (unpaired) electrons. The highest BCUT2D eigenvalue weighted by Gasteiger charge is 2.19. The van der Waals surface area contributed by atoms with E-state index in [4.69, 9.17) is 9.47 Å². The van der Waals surface area contributed by atoms with Gasteiger partial charge in [-0.05, 0) is 48.2 Å². The Hall–Kier alpha value is -2.93. The maximum Gasteiger partial charge on any atom is 0.233 e. The van der Waals surface area contributed by atoms with Gasteiger partial charge in [-0.3, -0.25) is 9.36 Å². The number of carbonyl (C=O) groups is 1. The van der Waals surface area contributed by atoms with Crippen molar-refractivity contribution in [1.82, 2.24) is 14.9 Å². The largest absolute Gasteiger partial charge is 0.454 e. The van der Waals surface area contributed by atoms with Crippen LogP contribution in [0.3, 0.4) is 0 Å². The van der Waals surface area contributed by atoms with Crippen molar-refractivity contribution in [2.24, 2.45) is 0 Å². The van der Waals surface area contributed by atoms with Gasteiger partial charge in [0.1, 0.15) is 0 Å². The molecule has 0 unspecified atom stereocenters. The molecule has 156 valence electrons. The summed E-state index contributed by atoms with van der Waals surface area (Å²) in [4.78, 5) is 17.1. The van der Waals surface area contributed by atoms with Crippen molar-refractivity contribution in [3.8, 4) is 17.2 Å². The molecule has 0 fully saturated rings. The highest BCUT2D eigenvalue weighted by molar-refractivity contribution is 8.00. The number of ether oxygens (including phenoxy) is 2. The third-order valence-electron chi connectivity index (χ3n) is 5.00. The number of aromatic nitrogens is 2. The minimum Gasteiger partial charge on any atom is -0.454 e. The maximum atomic E-state index is 12.6. The fourth-order valence-corrected chi connectivity index (χ4v) is 4.10. The van der Waals surface area contributed by atoms with Crippen molar-refractivity contribution in [1.29, 1.82) is 0 Å². The molecule has 1 amide bonds. The van der Waals surface area contributed by atoms with Crippen LogP contribution >= 0.6 is 11.8 Å². The predicted octanol–water partition coefficient (Wildman–Crippen LogP) is 4.52. The molecule has 0 spiro atoms. The monoisotopic (exact) mass is 423 g/mol. The minimum atomic E-state index is -0.282. The first kappa shape index (κ1) is 20.3. The number of benzene rings is 2. The lowest BCUT2D eigenvalue weighted by atomic mass is 10.0. The smallest absolute Gasteiger partial charge is 0.233 e. The zero-order chi connectivity index (χ0) is 21.1. The second-order valence-electron chi connectivity index (χ2n) is 7.49. The van der Waals surface area contributed by atoms with Gasteiger partial charge in [0.25, 0.3) is 0 Å². The van der Waals surface area contributed by atoms with Crippen LogP contribution < -0.4 is 14.8 Å². The van der Waals surface area contributed by atoms with Crippen LogP contribution in [0.15, 0.2) is 60.0 Å². The highest BCUT2D eigenvalue weighted by atomic mass is 32.2. The fraction of sp³-hybridized carbons (Fsp3) is 0.304. The van der Waals surface area contributed by atoms with Crippen molar-refractivity contribution in [2.75, 3.05) is 6.79 Å². The van der Waals surface area contributed by atoms with Gasteiger partial charge in [-0.1, -0.05) is 43.8 Å². The van der Waals surface area contributed by atoms with Gasteiger partial charge in [0.15, 0.2) is 16.7 Å². The Morgan fingerprint density at radius 3 is 2.67 bits per heavy atom. The third-order valence-corrected chi connectivity index (χ3v) is 6.08. The lowest BCUT2D eigenvalue weighted by Gasteiger charge is -2.14. The van der Waals surface area contributed by atoms with Crippen molar-refractivity contribution < 1.29 is 14.3 Å². The summed E-state index contributed by atoms with van der Waals surface area (Å²) < 4.78 is 12.7. The molecule has 0 saturated heterocycles. The van der Waals surface area contributed by atoms with Crippen molar-refractivity contribution in [3.05, 3.63) is 66.0 Å². The standard InChI is InChI=1S/C23H25N3O3S/c1-15(2)18-5-7-19(8-6-18)26-11-10-24-23(26)30-16(3)22(27)25-13-17-4-9-20-21(12-17)29-14-28-20/h4-12,15-16H,13-14H2,1-3H3,(H,25,27)/t16-/m1/s1. The van der Waals surface area contributed by atoms with E-state index in [0.29, 0.717) is 12.5 Å². The number of rotatable bonds is 7. The van der Waals surface area contributed by atoms with Crippen LogP contribution in [-0.4, -0.2) is 27.5 Å². The quantitative estimate of drug-likeness (QED) is 0.566.